The maximum atomic E-state index is 4.57. The number of nitrogens with one attached hydrogen (secondary N) is 1. The van der Waals surface area contributed by atoms with Gasteiger partial charge in [0, 0.05) is 23.1 Å². The van der Waals surface area contributed by atoms with Crippen LogP contribution in [-0.4, -0.2) is 16.6 Å². The fourth-order valence-corrected chi connectivity index (χ4v) is 3.03. The third-order valence-corrected chi connectivity index (χ3v) is 4.06. The number of fused-ring (bicyclic) bond motifs is 1. The predicted molar refractivity (Wildman–Crippen MR) is 80.7 cm³/mol. The number of nitrogens with zero attached hydrogens (tertiary/aromatic N) is 2. The minimum atomic E-state index is 0.842. The molecule has 0 radical (unpaired) electrons. The van der Waals surface area contributed by atoms with E-state index in [4.69, 9.17) is 0 Å². The summed E-state index contributed by atoms with van der Waals surface area (Å²) in [6.07, 6.45) is 0. The molecule has 0 fully saturated rings. The molecule has 0 amide bonds. The monoisotopic (exact) mass is 271 g/mol. The molecule has 0 saturated carbocycles. The van der Waals surface area contributed by atoms with E-state index in [9.17, 15) is 0 Å². The van der Waals surface area contributed by atoms with Gasteiger partial charge in [0.05, 0.1) is 17.2 Å². The van der Waals surface area contributed by atoms with Gasteiger partial charge in [-0.05, 0) is 31.5 Å². The smallest absolute Gasteiger partial charge is 0.0898 e. The summed E-state index contributed by atoms with van der Waals surface area (Å²) in [7, 11) is 1.98. The zero-order chi connectivity index (χ0) is 13.2. The summed E-state index contributed by atoms with van der Waals surface area (Å²) in [6, 6.07) is 10.8. The van der Waals surface area contributed by atoms with E-state index in [-0.39, 0.29) is 0 Å². The number of hydrogen-bond acceptors (Lipinski definition) is 3. The van der Waals surface area contributed by atoms with E-state index in [1.807, 2.05) is 7.05 Å². The topological polar surface area (TPSA) is 29.9 Å². The van der Waals surface area contributed by atoms with Crippen LogP contribution < -0.4 is 5.32 Å². The van der Waals surface area contributed by atoms with E-state index in [2.05, 4.69) is 57.5 Å². The Kier molecular flexibility index (Phi) is 3.36. The molecule has 0 aliphatic carbocycles. The molecule has 0 saturated heterocycles. The summed E-state index contributed by atoms with van der Waals surface area (Å²) in [5.41, 5.74) is 3.72. The van der Waals surface area contributed by atoms with E-state index < -0.39 is 0 Å². The Morgan fingerprint density at radius 3 is 2.89 bits per heavy atom. The summed E-state index contributed by atoms with van der Waals surface area (Å²) in [5.74, 6) is 0. The van der Waals surface area contributed by atoms with Gasteiger partial charge in [0.2, 0.25) is 0 Å². The normalized spacial score (nSPS) is 11.3. The molecule has 2 heterocycles. The van der Waals surface area contributed by atoms with E-state index in [0.29, 0.717) is 0 Å². The molecular formula is C15H17N3S. The summed E-state index contributed by atoms with van der Waals surface area (Å²) in [5, 5.41) is 7.80. The molecule has 0 atom stereocenters. The molecule has 0 spiro atoms. The predicted octanol–water partition coefficient (Wildman–Crippen LogP) is 3.17. The van der Waals surface area contributed by atoms with Crippen LogP contribution in [-0.2, 0) is 13.1 Å². The molecule has 4 heteroatoms. The molecule has 0 bridgehead atoms. The van der Waals surface area contributed by atoms with Gasteiger partial charge < -0.3 is 9.88 Å². The maximum absolute atomic E-state index is 4.57. The number of aromatic nitrogens is 2. The van der Waals surface area contributed by atoms with Crippen molar-refractivity contribution in [3.05, 3.63) is 52.1 Å². The Morgan fingerprint density at radius 2 is 2.16 bits per heavy atom. The molecule has 3 aromatic rings. The van der Waals surface area contributed by atoms with Crippen LogP contribution in [0, 0.1) is 6.92 Å². The highest BCUT2D eigenvalue weighted by Crippen LogP contribution is 2.21. The summed E-state index contributed by atoms with van der Waals surface area (Å²) >= 11 is 1.71. The highest BCUT2D eigenvalue weighted by atomic mass is 32.1. The molecule has 0 aliphatic rings. The van der Waals surface area contributed by atoms with Gasteiger partial charge in [0.1, 0.15) is 0 Å². The number of benzene rings is 1. The van der Waals surface area contributed by atoms with Crippen LogP contribution in [0.4, 0.5) is 0 Å². The molecule has 1 aromatic carbocycles. The first-order chi connectivity index (χ1) is 9.28. The lowest BCUT2D eigenvalue weighted by Gasteiger charge is -2.09. The highest BCUT2D eigenvalue weighted by molar-refractivity contribution is 7.09. The van der Waals surface area contributed by atoms with E-state index >= 15 is 0 Å². The Balaban J connectivity index is 2.06. The molecule has 3 rings (SSSR count). The SMILES string of the molecule is CNCc1cc2ccccc2n1Cc1csc(C)n1. The number of aryl methyl sites for hydroxylation is 1. The standard InChI is InChI=1S/C15H17N3S/c1-11-17-13(10-19-11)9-18-14(8-16-2)7-12-5-3-4-6-15(12)18/h3-7,10,16H,8-9H2,1-2H3. The lowest BCUT2D eigenvalue weighted by Crippen LogP contribution is -2.12. The molecule has 2 aromatic heterocycles. The number of para-hydroxylation sites is 1. The molecule has 0 aliphatic heterocycles. The fourth-order valence-electron chi connectivity index (χ4n) is 2.42. The molecule has 0 unspecified atom stereocenters. The van der Waals surface area contributed by atoms with Crippen molar-refractivity contribution in [3.8, 4) is 0 Å². The Hall–Kier alpha value is -1.65. The molecule has 1 N–H and O–H groups in total. The van der Waals surface area contributed by atoms with Gasteiger partial charge in [-0.25, -0.2) is 4.98 Å². The fraction of sp³-hybridized carbons (Fsp3) is 0.267. The van der Waals surface area contributed by atoms with E-state index in [1.165, 1.54) is 16.6 Å². The van der Waals surface area contributed by atoms with Crippen molar-refractivity contribution in [1.29, 1.82) is 0 Å². The second kappa shape index (κ2) is 5.15. The van der Waals surface area contributed by atoms with Gasteiger partial charge in [-0.1, -0.05) is 18.2 Å². The summed E-state index contributed by atoms with van der Waals surface area (Å²) in [6.45, 7) is 3.77. The Morgan fingerprint density at radius 1 is 1.32 bits per heavy atom. The van der Waals surface area contributed by atoms with Gasteiger partial charge >= 0.3 is 0 Å². The van der Waals surface area contributed by atoms with Crippen LogP contribution in [0.5, 0.6) is 0 Å². The van der Waals surface area contributed by atoms with Crippen molar-refractivity contribution >= 4 is 22.2 Å². The van der Waals surface area contributed by atoms with E-state index in [1.54, 1.807) is 11.3 Å². The third kappa shape index (κ3) is 2.41. The lowest BCUT2D eigenvalue weighted by atomic mass is 10.2. The van der Waals surface area contributed by atoms with Crippen LogP contribution in [0.25, 0.3) is 10.9 Å². The minimum absolute atomic E-state index is 0.842. The van der Waals surface area contributed by atoms with Crippen molar-refractivity contribution in [2.24, 2.45) is 0 Å². The number of rotatable bonds is 4. The van der Waals surface area contributed by atoms with Crippen LogP contribution in [0.1, 0.15) is 16.4 Å². The Bertz CT molecular complexity index is 696. The molecule has 3 nitrogen and oxygen atoms in total. The zero-order valence-electron chi connectivity index (χ0n) is 11.2. The van der Waals surface area contributed by atoms with Gasteiger partial charge in [-0.15, -0.1) is 11.3 Å². The van der Waals surface area contributed by atoms with Crippen LogP contribution >= 0.6 is 11.3 Å². The molecular weight excluding hydrogens is 254 g/mol. The van der Waals surface area contributed by atoms with Crippen LogP contribution in [0.2, 0.25) is 0 Å². The van der Waals surface area contributed by atoms with Gasteiger partial charge in [0.15, 0.2) is 0 Å². The van der Waals surface area contributed by atoms with Crippen molar-refractivity contribution in [2.45, 2.75) is 20.0 Å². The van der Waals surface area contributed by atoms with E-state index in [0.717, 1.165) is 23.8 Å². The van der Waals surface area contributed by atoms with Gasteiger partial charge in [-0.3, -0.25) is 0 Å². The Labute approximate surface area is 116 Å². The van der Waals surface area contributed by atoms with Crippen LogP contribution in [0.3, 0.4) is 0 Å². The second-order valence-electron chi connectivity index (χ2n) is 4.67. The van der Waals surface area contributed by atoms with Crippen molar-refractivity contribution < 1.29 is 0 Å². The first kappa shape index (κ1) is 12.4. The second-order valence-corrected chi connectivity index (χ2v) is 5.73. The average Bonchev–Trinajstić information content (AvgIpc) is 2.96. The summed E-state index contributed by atoms with van der Waals surface area (Å²) in [4.78, 5) is 4.57. The zero-order valence-corrected chi connectivity index (χ0v) is 12.0. The van der Waals surface area contributed by atoms with Crippen LogP contribution in [0.15, 0.2) is 35.7 Å². The number of thiazole rings is 1. The third-order valence-electron chi connectivity index (χ3n) is 3.24. The van der Waals surface area contributed by atoms with Crippen molar-refractivity contribution in [3.63, 3.8) is 0 Å². The molecule has 98 valence electrons. The van der Waals surface area contributed by atoms with Crippen molar-refractivity contribution in [1.82, 2.24) is 14.9 Å². The highest BCUT2D eigenvalue weighted by Gasteiger charge is 2.09. The minimum Gasteiger partial charge on any atom is -0.337 e. The first-order valence-electron chi connectivity index (χ1n) is 6.40. The van der Waals surface area contributed by atoms with Gasteiger partial charge in [-0.2, -0.15) is 0 Å². The largest absolute Gasteiger partial charge is 0.337 e. The van der Waals surface area contributed by atoms with Gasteiger partial charge in [0.25, 0.3) is 0 Å². The summed E-state index contributed by atoms with van der Waals surface area (Å²) < 4.78 is 2.35. The van der Waals surface area contributed by atoms with Crippen molar-refractivity contribution in [2.75, 3.05) is 7.05 Å². The molecule has 19 heavy (non-hydrogen) atoms. The average molecular weight is 271 g/mol. The quantitative estimate of drug-likeness (QED) is 0.790. The maximum Gasteiger partial charge on any atom is 0.0898 e. The number of hydrogen-bond donors (Lipinski definition) is 1. The lowest BCUT2D eigenvalue weighted by molar-refractivity contribution is 0.701. The first-order valence-corrected chi connectivity index (χ1v) is 7.28.